The minimum Gasteiger partial charge on any atom is -0.357 e. The van der Waals surface area contributed by atoms with E-state index in [2.05, 4.69) is 31.2 Å². The minimum atomic E-state index is -0.279. The molecule has 0 bridgehead atoms. The highest BCUT2D eigenvalue weighted by atomic mass is 79.9. The molecule has 3 nitrogen and oxygen atoms in total. The van der Waals surface area contributed by atoms with Gasteiger partial charge in [-0.3, -0.25) is 0 Å². The summed E-state index contributed by atoms with van der Waals surface area (Å²) in [5, 5.41) is 2.86. The van der Waals surface area contributed by atoms with Crippen LogP contribution >= 0.6 is 15.9 Å². The molecule has 2 aromatic rings. The molecule has 0 fully saturated rings. The number of anilines is 1. The average Bonchev–Trinajstić information content (AvgIpc) is 2.29. The Labute approximate surface area is 101 Å². The Hall–Kier alpha value is -1.49. The number of nitrogens with zero attached hydrogens (tertiary/aromatic N) is 2. The molecule has 0 amide bonds. The summed E-state index contributed by atoms with van der Waals surface area (Å²) >= 11 is 3.31. The van der Waals surface area contributed by atoms with Crippen LogP contribution in [0.5, 0.6) is 0 Å². The van der Waals surface area contributed by atoms with Crippen molar-refractivity contribution in [3.63, 3.8) is 0 Å². The van der Waals surface area contributed by atoms with E-state index in [0.717, 1.165) is 11.3 Å². The Morgan fingerprint density at radius 1 is 1.31 bits per heavy atom. The van der Waals surface area contributed by atoms with E-state index in [1.165, 1.54) is 12.1 Å². The summed E-state index contributed by atoms with van der Waals surface area (Å²) in [5.74, 6) is 0.257. The molecule has 0 atom stereocenters. The lowest BCUT2D eigenvalue weighted by Crippen LogP contribution is -1.97. The molecule has 0 saturated carbocycles. The van der Waals surface area contributed by atoms with E-state index in [0.29, 0.717) is 10.4 Å². The molecule has 2 rings (SSSR count). The van der Waals surface area contributed by atoms with Gasteiger partial charge in [0.2, 0.25) is 5.95 Å². The Bertz CT molecular complexity index is 516. The minimum absolute atomic E-state index is 0.279. The summed E-state index contributed by atoms with van der Waals surface area (Å²) in [7, 11) is 1.75. The van der Waals surface area contributed by atoms with Gasteiger partial charge in [-0.25, -0.2) is 14.4 Å². The van der Waals surface area contributed by atoms with Crippen LogP contribution in [-0.2, 0) is 0 Å². The smallest absolute Gasteiger partial charge is 0.222 e. The van der Waals surface area contributed by atoms with E-state index in [-0.39, 0.29) is 5.82 Å². The third kappa shape index (κ3) is 2.19. The molecule has 0 unspecified atom stereocenters. The standard InChI is InChI=1S/C11H9BrFN3/c1-14-11-15-5-4-10(16-11)8-3-2-7(13)6-9(8)12/h2-6H,1H3,(H,14,15,16). The number of nitrogens with one attached hydrogen (secondary N) is 1. The molecule has 0 aliphatic rings. The van der Waals surface area contributed by atoms with E-state index in [4.69, 9.17) is 0 Å². The highest BCUT2D eigenvalue weighted by Gasteiger charge is 2.06. The first-order valence-corrected chi connectivity index (χ1v) is 5.46. The third-order valence-electron chi connectivity index (χ3n) is 2.09. The quantitative estimate of drug-likeness (QED) is 0.919. The number of rotatable bonds is 2. The van der Waals surface area contributed by atoms with Crippen LogP contribution in [0.2, 0.25) is 0 Å². The Morgan fingerprint density at radius 3 is 2.81 bits per heavy atom. The maximum Gasteiger partial charge on any atom is 0.222 e. The molecule has 16 heavy (non-hydrogen) atoms. The fourth-order valence-corrected chi connectivity index (χ4v) is 1.88. The molecule has 0 radical (unpaired) electrons. The van der Waals surface area contributed by atoms with Crippen molar-refractivity contribution < 1.29 is 4.39 Å². The van der Waals surface area contributed by atoms with E-state index in [1.807, 2.05) is 0 Å². The van der Waals surface area contributed by atoms with Crippen molar-refractivity contribution in [2.45, 2.75) is 0 Å². The Kier molecular flexibility index (Phi) is 3.14. The summed E-state index contributed by atoms with van der Waals surface area (Å²) < 4.78 is 13.6. The lowest BCUT2D eigenvalue weighted by atomic mass is 10.1. The van der Waals surface area contributed by atoms with E-state index in [1.54, 1.807) is 25.4 Å². The van der Waals surface area contributed by atoms with Gasteiger partial charge in [-0.2, -0.15) is 0 Å². The lowest BCUT2D eigenvalue weighted by Gasteiger charge is -2.05. The molecule has 1 heterocycles. The molecule has 5 heteroatoms. The van der Waals surface area contributed by atoms with Crippen LogP contribution in [0.15, 0.2) is 34.9 Å². The van der Waals surface area contributed by atoms with Crippen molar-refractivity contribution in [1.82, 2.24) is 9.97 Å². The van der Waals surface area contributed by atoms with Gasteiger partial charge < -0.3 is 5.32 Å². The van der Waals surface area contributed by atoms with Gasteiger partial charge >= 0.3 is 0 Å². The number of halogens is 2. The van der Waals surface area contributed by atoms with Crippen LogP contribution < -0.4 is 5.32 Å². The number of hydrogen-bond donors (Lipinski definition) is 1. The molecular weight excluding hydrogens is 273 g/mol. The third-order valence-corrected chi connectivity index (χ3v) is 2.74. The molecule has 1 aromatic heterocycles. The second kappa shape index (κ2) is 4.57. The normalized spacial score (nSPS) is 10.2. The van der Waals surface area contributed by atoms with E-state index < -0.39 is 0 Å². The van der Waals surface area contributed by atoms with Gasteiger partial charge in [0.05, 0.1) is 5.69 Å². The average molecular weight is 282 g/mol. The summed E-state index contributed by atoms with van der Waals surface area (Å²) in [6, 6.07) is 6.28. The predicted octanol–water partition coefficient (Wildman–Crippen LogP) is 3.09. The van der Waals surface area contributed by atoms with Crippen LogP contribution in [0.1, 0.15) is 0 Å². The van der Waals surface area contributed by atoms with Gasteiger partial charge in [0.1, 0.15) is 5.82 Å². The van der Waals surface area contributed by atoms with Gasteiger partial charge in [-0.15, -0.1) is 0 Å². The van der Waals surface area contributed by atoms with Gasteiger partial charge in [0, 0.05) is 23.3 Å². The van der Waals surface area contributed by atoms with Crippen molar-refractivity contribution in [3.05, 3.63) is 40.8 Å². The molecule has 0 spiro atoms. The SMILES string of the molecule is CNc1nccc(-c2ccc(F)cc2Br)n1. The fraction of sp³-hybridized carbons (Fsp3) is 0.0909. The van der Waals surface area contributed by atoms with Gasteiger partial charge in [-0.05, 0) is 40.2 Å². The zero-order valence-corrected chi connectivity index (χ0v) is 10.1. The number of benzene rings is 1. The molecule has 1 N–H and O–H groups in total. The fourth-order valence-electron chi connectivity index (χ4n) is 1.33. The van der Waals surface area contributed by atoms with Crippen LogP contribution in [0.25, 0.3) is 11.3 Å². The Balaban J connectivity index is 2.49. The van der Waals surface area contributed by atoms with Crippen LogP contribution in [0.3, 0.4) is 0 Å². The largest absolute Gasteiger partial charge is 0.357 e. The van der Waals surface area contributed by atoms with Crippen LogP contribution in [0.4, 0.5) is 10.3 Å². The first-order chi connectivity index (χ1) is 7.70. The van der Waals surface area contributed by atoms with Crippen molar-refractivity contribution in [2.24, 2.45) is 0 Å². The van der Waals surface area contributed by atoms with E-state index >= 15 is 0 Å². The second-order valence-electron chi connectivity index (χ2n) is 3.14. The van der Waals surface area contributed by atoms with Crippen molar-refractivity contribution in [1.29, 1.82) is 0 Å². The molecule has 0 saturated heterocycles. The monoisotopic (exact) mass is 281 g/mol. The summed E-state index contributed by atoms with van der Waals surface area (Å²) in [6.45, 7) is 0. The van der Waals surface area contributed by atoms with Gasteiger partial charge in [0.15, 0.2) is 0 Å². The summed E-state index contributed by atoms with van der Waals surface area (Å²) in [4.78, 5) is 8.30. The zero-order valence-electron chi connectivity index (χ0n) is 8.54. The first-order valence-electron chi connectivity index (χ1n) is 4.67. The maximum absolute atomic E-state index is 12.9. The number of aromatic nitrogens is 2. The lowest BCUT2D eigenvalue weighted by molar-refractivity contribution is 0.627. The molecular formula is C11H9BrFN3. The van der Waals surface area contributed by atoms with Gasteiger partial charge in [0.25, 0.3) is 0 Å². The van der Waals surface area contributed by atoms with Crippen LogP contribution in [-0.4, -0.2) is 17.0 Å². The molecule has 82 valence electrons. The van der Waals surface area contributed by atoms with Gasteiger partial charge in [-0.1, -0.05) is 0 Å². The van der Waals surface area contributed by atoms with Crippen LogP contribution in [0, 0.1) is 5.82 Å². The van der Waals surface area contributed by atoms with E-state index in [9.17, 15) is 4.39 Å². The Morgan fingerprint density at radius 2 is 2.12 bits per heavy atom. The highest BCUT2D eigenvalue weighted by molar-refractivity contribution is 9.10. The first kappa shape index (κ1) is 11.0. The maximum atomic E-state index is 12.9. The molecule has 1 aromatic carbocycles. The second-order valence-corrected chi connectivity index (χ2v) is 3.99. The molecule has 0 aliphatic heterocycles. The summed E-state index contributed by atoms with van der Waals surface area (Å²) in [6.07, 6.45) is 1.66. The van der Waals surface area contributed by atoms with Crippen molar-refractivity contribution in [2.75, 3.05) is 12.4 Å². The van der Waals surface area contributed by atoms with Crippen molar-refractivity contribution in [3.8, 4) is 11.3 Å². The topological polar surface area (TPSA) is 37.8 Å². The number of hydrogen-bond acceptors (Lipinski definition) is 3. The summed E-state index contributed by atoms with van der Waals surface area (Å²) in [5.41, 5.74) is 1.58. The zero-order chi connectivity index (χ0) is 11.5. The predicted molar refractivity (Wildman–Crippen MR) is 64.7 cm³/mol. The highest BCUT2D eigenvalue weighted by Crippen LogP contribution is 2.27. The van der Waals surface area contributed by atoms with Crippen molar-refractivity contribution >= 4 is 21.9 Å². The molecule has 0 aliphatic carbocycles.